The molecule has 0 aliphatic heterocycles. The molecule has 0 bridgehead atoms. The minimum absolute atomic E-state index is 0.0293. The van der Waals surface area contributed by atoms with Crippen molar-refractivity contribution in [2.75, 3.05) is 17.8 Å². The first-order chi connectivity index (χ1) is 7.47. The van der Waals surface area contributed by atoms with Gasteiger partial charge in [0.1, 0.15) is 9.84 Å². The van der Waals surface area contributed by atoms with Crippen LogP contribution in [0.3, 0.4) is 0 Å². The van der Waals surface area contributed by atoms with Crippen LogP contribution in [-0.2, 0) is 9.84 Å². The zero-order valence-corrected chi connectivity index (χ0v) is 11.7. The average Bonchev–Trinajstić information content (AvgIpc) is 2.24. The number of hydrogen-bond acceptors (Lipinski definition) is 4. The summed E-state index contributed by atoms with van der Waals surface area (Å²) in [5.41, 5.74) is 5.91. The first-order valence-corrected chi connectivity index (χ1v) is 9.13. The largest absolute Gasteiger partial charge is 0.327 e. The maximum absolute atomic E-state index is 11.0. The van der Waals surface area contributed by atoms with Gasteiger partial charge in [0.05, 0.1) is 5.75 Å². The van der Waals surface area contributed by atoms with Crippen molar-refractivity contribution in [3.8, 4) is 0 Å². The fourth-order valence-electron chi connectivity index (χ4n) is 1.94. The summed E-state index contributed by atoms with van der Waals surface area (Å²) < 4.78 is 22.0. The van der Waals surface area contributed by atoms with Crippen molar-refractivity contribution < 1.29 is 8.42 Å². The van der Waals surface area contributed by atoms with Crippen LogP contribution >= 0.6 is 11.8 Å². The molecule has 16 heavy (non-hydrogen) atoms. The fourth-order valence-corrected chi connectivity index (χ4v) is 4.02. The average molecular weight is 265 g/mol. The van der Waals surface area contributed by atoms with Crippen LogP contribution in [0.4, 0.5) is 0 Å². The highest BCUT2D eigenvalue weighted by Crippen LogP contribution is 2.28. The molecule has 0 amide bonds. The fraction of sp³-hybridized carbons (Fsp3) is 1.00. The molecule has 1 aliphatic carbocycles. The van der Waals surface area contributed by atoms with Crippen LogP contribution in [-0.4, -0.2) is 37.5 Å². The molecule has 0 spiro atoms. The monoisotopic (exact) mass is 265 g/mol. The molecular formula is C11H23NO2S2. The van der Waals surface area contributed by atoms with Gasteiger partial charge in [-0.25, -0.2) is 8.42 Å². The molecule has 0 heterocycles. The van der Waals surface area contributed by atoms with Crippen molar-refractivity contribution in [3.05, 3.63) is 0 Å². The highest BCUT2D eigenvalue weighted by molar-refractivity contribution is 7.99. The highest BCUT2D eigenvalue weighted by atomic mass is 32.2. The van der Waals surface area contributed by atoms with Crippen molar-refractivity contribution in [1.29, 1.82) is 0 Å². The van der Waals surface area contributed by atoms with E-state index in [1.54, 1.807) is 0 Å². The molecule has 0 aromatic heterocycles. The number of hydrogen-bond donors (Lipinski definition) is 1. The van der Waals surface area contributed by atoms with E-state index in [0.29, 0.717) is 6.42 Å². The van der Waals surface area contributed by atoms with E-state index >= 15 is 0 Å². The highest BCUT2D eigenvalue weighted by Gasteiger charge is 2.15. The summed E-state index contributed by atoms with van der Waals surface area (Å²) in [5, 5.41) is 0.762. The molecule has 0 aromatic rings. The summed E-state index contributed by atoms with van der Waals surface area (Å²) >= 11 is 1.94. The predicted molar refractivity (Wildman–Crippen MR) is 71.6 cm³/mol. The second-order valence-electron chi connectivity index (χ2n) is 4.77. The number of thioether (sulfide) groups is 1. The van der Waals surface area contributed by atoms with Gasteiger partial charge >= 0.3 is 0 Å². The Morgan fingerprint density at radius 2 is 1.94 bits per heavy atom. The van der Waals surface area contributed by atoms with Crippen LogP contribution in [0.5, 0.6) is 0 Å². The van der Waals surface area contributed by atoms with Crippen LogP contribution in [0.25, 0.3) is 0 Å². The van der Waals surface area contributed by atoms with Crippen LogP contribution in [0.15, 0.2) is 0 Å². The summed E-state index contributed by atoms with van der Waals surface area (Å²) in [7, 11) is -2.85. The van der Waals surface area contributed by atoms with Gasteiger partial charge < -0.3 is 5.73 Å². The lowest BCUT2D eigenvalue weighted by molar-refractivity contribution is 0.515. The Balaban J connectivity index is 2.11. The number of rotatable bonds is 6. The van der Waals surface area contributed by atoms with E-state index in [-0.39, 0.29) is 11.8 Å². The van der Waals surface area contributed by atoms with Gasteiger partial charge in [0.15, 0.2) is 0 Å². The summed E-state index contributed by atoms with van der Waals surface area (Å²) in [6.45, 7) is 0. The Hall–Kier alpha value is 0.260. The van der Waals surface area contributed by atoms with Gasteiger partial charge in [0.2, 0.25) is 0 Å². The zero-order valence-electron chi connectivity index (χ0n) is 10.0. The van der Waals surface area contributed by atoms with Crippen LogP contribution < -0.4 is 5.73 Å². The third-order valence-corrected chi connectivity index (χ3v) is 5.50. The van der Waals surface area contributed by atoms with Gasteiger partial charge in [-0.3, -0.25) is 0 Å². The molecule has 1 saturated carbocycles. The van der Waals surface area contributed by atoms with Gasteiger partial charge in [0, 0.05) is 23.3 Å². The zero-order chi connectivity index (χ0) is 12.0. The summed E-state index contributed by atoms with van der Waals surface area (Å²) in [4.78, 5) is 0. The van der Waals surface area contributed by atoms with Crippen LogP contribution in [0.2, 0.25) is 0 Å². The lowest BCUT2D eigenvalue weighted by atomic mass is 10.0. The second kappa shape index (κ2) is 6.87. The van der Waals surface area contributed by atoms with Crippen molar-refractivity contribution in [3.63, 3.8) is 0 Å². The number of sulfone groups is 1. The molecule has 2 N–H and O–H groups in total. The van der Waals surface area contributed by atoms with Gasteiger partial charge in [-0.2, -0.15) is 11.8 Å². The smallest absolute Gasteiger partial charge is 0.147 e. The van der Waals surface area contributed by atoms with E-state index < -0.39 is 9.84 Å². The molecule has 0 radical (unpaired) electrons. The van der Waals surface area contributed by atoms with Crippen molar-refractivity contribution >= 4 is 21.6 Å². The molecule has 0 saturated heterocycles. The first-order valence-electron chi connectivity index (χ1n) is 6.02. The molecule has 5 heteroatoms. The third kappa shape index (κ3) is 6.76. The Kier molecular flexibility index (Phi) is 6.15. The van der Waals surface area contributed by atoms with Crippen LogP contribution in [0, 0.1) is 0 Å². The first kappa shape index (κ1) is 14.3. The van der Waals surface area contributed by atoms with Gasteiger partial charge in [-0.1, -0.05) is 19.3 Å². The van der Waals surface area contributed by atoms with E-state index in [4.69, 9.17) is 5.73 Å². The van der Waals surface area contributed by atoms with E-state index in [9.17, 15) is 8.42 Å². The quantitative estimate of drug-likeness (QED) is 0.796. The van der Waals surface area contributed by atoms with Crippen LogP contribution in [0.1, 0.15) is 38.5 Å². The summed E-state index contributed by atoms with van der Waals surface area (Å²) in [6, 6.07) is 0.0293. The second-order valence-corrected chi connectivity index (χ2v) is 8.37. The lowest BCUT2D eigenvalue weighted by Gasteiger charge is -2.22. The molecule has 1 fully saturated rings. The third-order valence-electron chi connectivity index (χ3n) is 2.96. The van der Waals surface area contributed by atoms with E-state index in [0.717, 1.165) is 11.0 Å². The lowest BCUT2D eigenvalue weighted by Crippen LogP contribution is -2.27. The molecule has 96 valence electrons. The Morgan fingerprint density at radius 1 is 1.31 bits per heavy atom. The Labute approximate surface area is 103 Å². The molecule has 1 atom stereocenters. The summed E-state index contributed by atoms with van der Waals surface area (Å²) in [5.74, 6) is 1.12. The van der Waals surface area contributed by atoms with E-state index in [1.807, 2.05) is 11.8 Å². The molecule has 1 unspecified atom stereocenters. The predicted octanol–water partition coefficient (Wildman–Crippen LogP) is 1.81. The number of nitrogens with two attached hydrogens (primary N) is 1. The molecule has 0 aromatic carbocycles. The van der Waals surface area contributed by atoms with Crippen molar-refractivity contribution in [2.45, 2.75) is 49.8 Å². The van der Waals surface area contributed by atoms with E-state index in [1.165, 1.54) is 38.4 Å². The van der Waals surface area contributed by atoms with E-state index in [2.05, 4.69) is 0 Å². The summed E-state index contributed by atoms with van der Waals surface area (Å²) in [6.07, 6.45) is 8.54. The standard InChI is InChI=1S/C11H23NO2S2/c1-16(13,14)8-7-10(12)9-15-11-5-3-2-4-6-11/h10-11H,2-9,12H2,1H3. The normalized spacial score (nSPS) is 20.9. The topological polar surface area (TPSA) is 60.2 Å². The maximum atomic E-state index is 11.0. The van der Waals surface area contributed by atoms with Gasteiger partial charge in [-0.15, -0.1) is 0 Å². The minimum Gasteiger partial charge on any atom is -0.327 e. The van der Waals surface area contributed by atoms with Gasteiger partial charge in [0.25, 0.3) is 0 Å². The SMILES string of the molecule is CS(=O)(=O)CCC(N)CSC1CCCCC1. The van der Waals surface area contributed by atoms with Gasteiger partial charge in [-0.05, 0) is 19.3 Å². The minimum atomic E-state index is -2.85. The molecular weight excluding hydrogens is 242 g/mol. The van der Waals surface area contributed by atoms with Crippen molar-refractivity contribution in [2.24, 2.45) is 5.73 Å². The molecule has 1 rings (SSSR count). The molecule has 1 aliphatic rings. The Morgan fingerprint density at radius 3 is 2.50 bits per heavy atom. The maximum Gasteiger partial charge on any atom is 0.147 e. The van der Waals surface area contributed by atoms with Crippen molar-refractivity contribution in [1.82, 2.24) is 0 Å². The molecule has 3 nitrogen and oxygen atoms in total. The Bertz CT molecular complexity index is 284.